The highest BCUT2D eigenvalue weighted by Gasteiger charge is 2.26. The minimum atomic E-state index is -1.13. The minimum Gasteiger partial charge on any atom is -0.301 e. The van der Waals surface area contributed by atoms with Crippen LogP contribution in [0, 0.1) is 0 Å². The van der Waals surface area contributed by atoms with Crippen LogP contribution in [0.4, 0.5) is 0 Å². The molecule has 0 aliphatic heterocycles. The van der Waals surface area contributed by atoms with Crippen molar-refractivity contribution in [2.45, 2.75) is 35.8 Å². The summed E-state index contributed by atoms with van der Waals surface area (Å²) in [5.41, 5.74) is 0. The molecular formula is C13H21NSSi. The Morgan fingerprint density at radius 1 is 1.25 bits per heavy atom. The second-order valence-corrected chi connectivity index (χ2v) is 12.1. The highest BCUT2D eigenvalue weighted by molar-refractivity contribution is 8.01. The average Bonchev–Trinajstić information content (AvgIpc) is 2.24. The van der Waals surface area contributed by atoms with Crippen LogP contribution in [-0.2, 0) is 0 Å². The van der Waals surface area contributed by atoms with E-state index < -0.39 is 8.07 Å². The summed E-state index contributed by atoms with van der Waals surface area (Å²) >= 11 is 2.01. The molecule has 1 rings (SSSR count). The zero-order chi connectivity index (χ0) is 12.0. The van der Waals surface area contributed by atoms with Crippen molar-refractivity contribution in [1.29, 1.82) is 0 Å². The SMILES string of the molecule is CN=CCC(Sc1ccccc1)[Si](C)(C)C. The maximum Gasteiger partial charge on any atom is 0.0596 e. The summed E-state index contributed by atoms with van der Waals surface area (Å²) in [6.07, 6.45) is 3.14. The van der Waals surface area contributed by atoms with E-state index in [1.807, 2.05) is 18.8 Å². The standard InChI is InChI=1S/C13H21NSSi/c1-14-11-10-13(16(2,3)4)15-12-8-6-5-7-9-12/h5-9,11,13H,10H2,1-4H3. The molecule has 0 aliphatic carbocycles. The Hall–Kier alpha value is -0.543. The first-order chi connectivity index (χ1) is 7.54. The Bertz CT molecular complexity index is 330. The van der Waals surface area contributed by atoms with Gasteiger partial charge in [0.05, 0.1) is 8.07 Å². The number of hydrogen-bond acceptors (Lipinski definition) is 2. The number of nitrogens with zero attached hydrogens (tertiary/aromatic N) is 1. The van der Waals surface area contributed by atoms with Crippen LogP contribution in [0.5, 0.6) is 0 Å². The van der Waals surface area contributed by atoms with Crippen molar-refractivity contribution < 1.29 is 0 Å². The quantitative estimate of drug-likeness (QED) is 0.436. The molecule has 0 spiro atoms. The molecule has 1 aromatic carbocycles. The highest BCUT2D eigenvalue weighted by atomic mass is 32.2. The van der Waals surface area contributed by atoms with E-state index in [0.717, 1.165) is 6.42 Å². The van der Waals surface area contributed by atoms with E-state index in [0.29, 0.717) is 4.87 Å². The molecule has 0 aliphatic rings. The number of rotatable bonds is 5. The van der Waals surface area contributed by atoms with Crippen LogP contribution in [0.1, 0.15) is 6.42 Å². The van der Waals surface area contributed by atoms with Gasteiger partial charge in [-0.15, -0.1) is 11.8 Å². The molecule has 0 radical (unpaired) electrons. The molecule has 0 saturated carbocycles. The monoisotopic (exact) mass is 251 g/mol. The number of hydrogen-bond donors (Lipinski definition) is 0. The van der Waals surface area contributed by atoms with Gasteiger partial charge < -0.3 is 4.99 Å². The van der Waals surface area contributed by atoms with Crippen molar-refractivity contribution in [3.63, 3.8) is 0 Å². The maximum absolute atomic E-state index is 4.11. The van der Waals surface area contributed by atoms with E-state index in [-0.39, 0.29) is 0 Å². The Morgan fingerprint density at radius 2 is 1.88 bits per heavy atom. The smallest absolute Gasteiger partial charge is 0.0596 e. The normalized spacial score (nSPS) is 14.2. The maximum atomic E-state index is 4.11. The molecule has 0 aromatic heterocycles. The first-order valence-electron chi connectivity index (χ1n) is 5.66. The van der Waals surface area contributed by atoms with Gasteiger partial charge in [-0.25, -0.2) is 0 Å². The van der Waals surface area contributed by atoms with E-state index in [1.165, 1.54) is 4.90 Å². The molecule has 88 valence electrons. The largest absolute Gasteiger partial charge is 0.301 e. The third-order valence-corrected chi connectivity index (χ3v) is 8.15. The fourth-order valence-corrected chi connectivity index (χ4v) is 4.90. The van der Waals surface area contributed by atoms with E-state index in [4.69, 9.17) is 0 Å². The van der Waals surface area contributed by atoms with E-state index >= 15 is 0 Å². The van der Waals surface area contributed by atoms with Crippen molar-refractivity contribution >= 4 is 26.1 Å². The Balaban J connectivity index is 2.71. The second kappa shape index (κ2) is 6.26. The van der Waals surface area contributed by atoms with Gasteiger partial charge in [0.15, 0.2) is 0 Å². The van der Waals surface area contributed by atoms with Crippen LogP contribution in [0.2, 0.25) is 19.6 Å². The van der Waals surface area contributed by atoms with Gasteiger partial charge in [-0.3, -0.25) is 0 Å². The van der Waals surface area contributed by atoms with Gasteiger partial charge in [-0.1, -0.05) is 37.8 Å². The van der Waals surface area contributed by atoms with Crippen molar-refractivity contribution in [3.8, 4) is 0 Å². The lowest BCUT2D eigenvalue weighted by Crippen LogP contribution is -2.35. The molecule has 0 fully saturated rings. The molecule has 1 atom stereocenters. The molecule has 0 heterocycles. The third kappa shape index (κ3) is 4.54. The van der Waals surface area contributed by atoms with Crippen LogP contribution in [0.15, 0.2) is 40.2 Å². The van der Waals surface area contributed by atoms with Crippen LogP contribution in [-0.4, -0.2) is 26.2 Å². The summed E-state index contributed by atoms with van der Waals surface area (Å²) in [4.78, 5) is 6.20. The fraction of sp³-hybridized carbons (Fsp3) is 0.462. The Labute approximate surface area is 104 Å². The minimum absolute atomic E-state index is 0.707. The molecule has 0 bridgehead atoms. The van der Waals surface area contributed by atoms with Crippen LogP contribution in [0.25, 0.3) is 0 Å². The van der Waals surface area contributed by atoms with Crippen molar-refractivity contribution in [2.24, 2.45) is 4.99 Å². The van der Waals surface area contributed by atoms with E-state index in [2.05, 4.69) is 61.2 Å². The predicted molar refractivity (Wildman–Crippen MR) is 78.5 cm³/mol. The molecule has 0 amide bonds. The topological polar surface area (TPSA) is 12.4 Å². The lowest BCUT2D eigenvalue weighted by Gasteiger charge is -2.27. The molecule has 16 heavy (non-hydrogen) atoms. The summed E-state index contributed by atoms with van der Waals surface area (Å²) in [7, 11) is 0.721. The van der Waals surface area contributed by atoms with Gasteiger partial charge in [-0.05, 0) is 24.8 Å². The first kappa shape index (κ1) is 13.5. The van der Waals surface area contributed by atoms with Gasteiger partial charge >= 0.3 is 0 Å². The molecular weight excluding hydrogens is 230 g/mol. The summed E-state index contributed by atoms with van der Waals surface area (Å²) in [5, 5.41) is 0. The number of aliphatic imine (C=N–C) groups is 1. The first-order valence-corrected chi connectivity index (χ1v) is 10.1. The Kier molecular flexibility index (Phi) is 5.29. The zero-order valence-electron chi connectivity index (χ0n) is 10.6. The third-order valence-electron chi connectivity index (χ3n) is 2.49. The van der Waals surface area contributed by atoms with Crippen LogP contribution in [0.3, 0.4) is 0 Å². The van der Waals surface area contributed by atoms with Crippen molar-refractivity contribution in [3.05, 3.63) is 30.3 Å². The zero-order valence-corrected chi connectivity index (χ0v) is 12.4. The summed E-state index contributed by atoms with van der Waals surface area (Å²) in [6.45, 7) is 7.28. The van der Waals surface area contributed by atoms with Gasteiger partial charge in [0.25, 0.3) is 0 Å². The summed E-state index contributed by atoms with van der Waals surface area (Å²) < 4.78 is 0. The van der Waals surface area contributed by atoms with Gasteiger partial charge in [0, 0.05) is 16.8 Å². The lowest BCUT2D eigenvalue weighted by molar-refractivity contribution is 1.17. The molecule has 3 heteroatoms. The van der Waals surface area contributed by atoms with Gasteiger partial charge in [0.1, 0.15) is 0 Å². The molecule has 1 nitrogen and oxygen atoms in total. The predicted octanol–water partition coefficient (Wildman–Crippen LogP) is 4.12. The molecule has 1 aromatic rings. The van der Waals surface area contributed by atoms with Crippen LogP contribution < -0.4 is 0 Å². The van der Waals surface area contributed by atoms with E-state index in [9.17, 15) is 0 Å². The molecule has 0 N–H and O–H groups in total. The van der Waals surface area contributed by atoms with Gasteiger partial charge in [0.2, 0.25) is 0 Å². The number of thioether (sulfide) groups is 1. The van der Waals surface area contributed by atoms with Crippen molar-refractivity contribution in [1.82, 2.24) is 0 Å². The average molecular weight is 251 g/mol. The van der Waals surface area contributed by atoms with Gasteiger partial charge in [-0.2, -0.15) is 0 Å². The lowest BCUT2D eigenvalue weighted by atomic mass is 10.4. The summed E-state index contributed by atoms with van der Waals surface area (Å²) in [6, 6.07) is 10.7. The van der Waals surface area contributed by atoms with Crippen LogP contribution >= 0.6 is 11.8 Å². The van der Waals surface area contributed by atoms with E-state index in [1.54, 1.807) is 0 Å². The highest BCUT2D eigenvalue weighted by Crippen LogP contribution is 2.31. The second-order valence-electron chi connectivity index (χ2n) is 4.96. The Morgan fingerprint density at radius 3 is 2.38 bits per heavy atom. The summed E-state index contributed by atoms with van der Waals surface area (Å²) in [5.74, 6) is 0. The molecule has 1 unspecified atom stereocenters. The molecule has 0 saturated heterocycles. The number of benzene rings is 1. The fourth-order valence-electron chi connectivity index (χ4n) is 1.44. The van der Waals surface area contributed by atoms with Crippen molar-refractivity contribution in [2.75, 3.05) is 7.05 Å².